The number of halogens is 1. The summed E-state index contributed by atoms with van der Waals surface area (Å²) in [4.78, 5) is 4.46. The fourth-order valence-corrected chi connectivity index (χ4v) is 3.11. The van der Waals surface area contributed by atoms with Gasteiger partial charge in [0.2, 0.25) is 0 Å². The summed E-state index contributed by atoms with van der Waals surface area (Å²) in [5, 5.41) is 3.23. The van der Waals surface area contributed by atoms with Gasteiger partial charge in [-0.3, -0.25) is 0 Å². The minimum absolute atomic E-state index is 0. The Balaban J connectivity index is 0.00000192. The zero-order valence-corrected chi connectivity index (χ0v) is 16.0. The van der Waals surface area contributed by atoms with E-state index in [4.69, 9.17) is 10.5 Å². The van der Waals surface area contributed by atoms with E-state index in [1.54, 1.807) is 0 Å². The molecule has 2 fully saturated rings. The molecule has 1 aromatic rings. The first-order valence-corrected chi connectivity index (χ1v) is 8.59. The molecule has 2 aliphatic rings. The van der Waals surface area contributed by atoms with Crippen LogP contribution in [-0.2, 0) is 6.54 Å². The van der Waals surface area contributed by atoms with Gasteiger partial charge in [-0.05, 0) is 50.5 Å². The second-order valence-electron chi connectivity index (χ2n) is 6.51. The summed E-state index contributed by atoms with van der Waals surface area (Å²) in [6.07, 6.45) is 9.27. The van der Waals surface area contributed by atoms with Crippen LogP contribution >= 0.6 is 24.0 Å². The van der Waals surface area contributed by atoms with Gasteiger partial charge in [0.15, 0.2) is 5.96 Å². The number of guanidine groups is 1. The number of nitrogens with zero attached hydrogens (tertiary/aromatic N) is 1. The summed E-state index contributed by atoms with van der Waals surface area (Å²) < 4.78 is 6.13. The highest BCUT2D eigenvalue weighted by Gasteiger charge is 2.18. The SMILES string of the molecule is I.NC(=NCc1ccccc1OC1CCCC1)NCC1CCC1. The number of rotatable bonds is 6. The number of benzene rings is 1. The van der Waals surface area contributed by atoms with Gasteiger partial charge < -0.3 is 15.8 Å². The lowest BCUT2D eigenvalue weighted by Crippen LogP contribution is -2.37. The van der Waals surface area contributed by atoms with E-state index in [0.29, 0.717) is 18.6 Å². The molecule has 2 aliphatic carbocycles. The van der Waals surface area contributed by atoms with Gasteiger partial charge in [0.25, 0.3) is 0 Å². The van der Waals surface area contributed by atoms with Gasteiger partial charge in [0, 0.05) is 12.1 Å². The molecule has 5 heteroatoms. The maximum absolute atomic E-state index is 6.13. The Morgan fingerprint density at radius 1 is 1.13 bits per heavy atom. The number of nitrogens with one attached hydrogen (secondary N) is 1. The molecule has 0 bridgehead atoms. The Morgan fingerprint density at radius 2 is 1.87 bits per heavy atom. The first-order valence-electron chi connectivity index (χ1n) is 8.59. The Labute approximate surface area is 156 Å². The van der Waals surface area contributed by atoms with E-state index in [0.717, 1.165) is 23.8 Å². The largest absolute Gasteiger partial charge is 0.490 e. The molecule has 0 unspecified atom stereocenters. The molecule has 2 saturated carbocycles. The average Bonchev–Trinajstić information content (AvgIpc) is 2.98. The van der Waals surface area contributed by atoms with Gasteiger partial charge >= 0.3 is 0 Å². The minimum Gasteiger partial charge on any atom is -0.490 e. The average molecular weight is 429 g/mol. The molecule has 0 saturated heterocycles. The molecule has 0 radical (unpaired) electrons. The smallest absolute Gasteiger partial charge is 0.188 e. The molecule has 23 heavy (non-hydrogen) atoms. The van der Waals surface area contributed by atoms with E-state index >= 15 is 0 Å². The second kappa shape index (κ2) is 9.35. The van der Waals surface area contributed by atoms with Gasteiger partial charge in [-0.1, -0.05) is 24.6 Å². The van der Waals surface area contributed by atoms with Crippen molar-refractivity contribution in [3.05, 3.63) is 29.8 Å². The maximum Gasteiger partial charge on any atom is 0.188 e. The van der Waals surface area contributed by atoms with E-state index in [-0.39, 0.29) is 24.0 Å². The molecule has 3 rings (SSSR count). The molecule has 0 aliphatic heterocycles. The molecule has 128 valence electrons. The second-order valence-corrected chi connectivity index (χ2v) is 6.51. The number of nitrogens with two attached hydrogens (primary N) is 1. The Bertz CT molecular complexity index is 511. The van der Waals surface area contributed by atoms with Crippen molar-refractivity contribution in [2.45, 2.75) is 57.6 Å². The molecule has 0 spiro atoms. The third-order valence-electron chi connectivity index (χ3n) is 4.78. The zero-order valence-electron chi connectivity index (χ0n) is 13.7. The van der Waals surface area contributed by atoms with Crippen molar-refractivity contribution < 1.29 is 4.74 Å². The van der Waals surface area contributed by atoms with Gasteiger partial charge in [-0.25, -0.2) is 4.99 Å². The fraction of sp³-hybridized carbons (Fsp3) is 0.611. The van der Waals surface area contributed by atoms with Crippen LogP contribution in [0.1, 0.15) is 50.5 Å². The van der Waals surface area contributed by atoms with Crippen molar-refractivity contribution in [1.29, 1.82) is 0 Å². The fourth-order valence-electron chi connectivity index (χ4n) is 3.11. The van der Waals surface area contributed by atoms with Crippen LogP contribution in [0.15, 0.2) is 29.3 Å². The predicted molar refractivity (Wildman–Crippen MR) is 105 cm³/mol. The van der Waals surface area contributed by atoms with Crippen molar-refractivity contribution in [3.63, 3.8) is 0 Å². The van der Waals surface area contributed by atoms with Crippen LogP contribution in [0.4, 0.5) is 0 Å². The van der Waals surface area contributed by atoms with Crippen molar-refractivity contribution in [2.24, 2.45) is 16.6 Å². The minimum atomic E-state index is 0. The number of hydrogen-bond donors (Lipinski definition) is 2. The molecule has 0 aromatic heterocycles. The highest BCUT2D eigenvalue weighted by molar-refractivity contribution is 14.0. The van der Waals surface area contributed by atoms with E-state index in [1.165, 1.54) is 44.9 Å². The van der Waals surface area contributed by atoms with Crippen molar-refractivity contribution in [2.75, 3.05) is 6.54 Å². The van der Waals surface area contributed by atoms with Crippen molar-refractivity contribution >= 4 is 29.9 Å². The normalized spacial score (nSPS) is 19.0. The standard InChI is InChI=1S/C18H27N3O.HI/c19-18(20-12-14-6-5-7-14)21-13-15-8-1-4-11-17(15)22-16-9-2-3-10-16;/h1,4,8,11,14,16H,2-3,5-7,9-10,12-13H2,(H3,19,20,21);1H. The highest BCUT2D eigenvalue weighted by atomic mass is 127. The van der Waals surface area contributed by atoms with Crippen LogP contribution in [0.25, 0.3) is 0 Å². The number of hydrogen-bond acceptors (Lipinski definition) is 2. The van der Waals surface area contributed by atoms with Crippen LogP contribution < -0.4 is 15.8 Å². The molecule has 1 aromatic carbocycles. The van der Waals surface area contributed by atoms with E-state index in [9.17, 15) is 0 Å². The van der Waals surface area contributed by atoms with Gasteiger partial charge in [-0.2, -0.15) is 0 Å². The topological polar surface area (TPSA) is 59.6 Å². The summed E-state index contributed by atoms with van der Waals surface area (Å²) in [5.74, 6) is 2.29. The van der Waals surface area contributed by atoms with Crippen LogP contribution in [0.2, 0.25) is 0 Å². The lowest BCUT2D eigenvalue weighted by Gasteiger charge is -2.25. The first kappa shape index (κ1) is 18.4. The first-order chi connectivity index (χ1) is 10.8. The lowest BCUT2D eigenvalue weighted by molar-refractivity contribution is 0.208. The van der Waals surface area contributed by atoms with E-state index in [2.05, 4.69) is 16.4 Å². The monoisotopic (exact) mass is 429 g/mol. The Kier molecular flexibility index (Phi) is 7.46. The molecule has 4 nitrogen and oxygen atoms in total. The van der Waals surface area contributed by atoms with Crippen LogP contribution in [0, 0.1) is 5.92 Å². The molecule has 0 atom stereocenters. The van der Waals surface area contributed by atoms with Crippen LogP contribution in [0.5, 0.6) is 5.75 Å². The number of aliphatic imine (C=N–C) groups is 1. The van der Waals surface area contributed by atoms with Crippen LogP contribution in [-0.4, -0.2) is 18.6 Å². The third-order valence-corrected chi connectivity index (χ3v) is 4.78. The van der Waals surface area contributed by atoms with Gasteiger partial charge in [-0.15, -0.1) is 24.0 Å². The Hall–Kier alpha value is -0.980. The van der Waals surface area contributed by atoms with E-state index in [1.807, 2.05) is 18.2 Å². The summed E-state index contributed by atoms with van der Waals surface area (Å²) in [6.45, 7) is 1.53. The summed E-state index contributed by atoms with van der Waals surface area (Å²) in [5.41, 5.74) is 7.07. The highest BCUT2D eigenvalue weighted by Crippen LogP contribution is 2.27. The summed E-state index contributed by atoms with van der Waals surface area (Å²) in [6, 6.07) is 8.17. The van der Waals surface area contributed by atoms with Gasteiger partial charge in [0.05, 0.1) is 12.6 Å². The number of para-hydroxylation sites is 1. The molecular formula is C18H28IN3O. The lowest BCUT2D eigenvalue weighted by atomic mass is 9.85. The van der Waals surface area contributed by atoms with E-state index < -0.39 is 0 Å². The van der Waals surface area contributed by atoms with Crippen LogP contribution in [0.3, 0.4) is 0 Å². The molecule has 3 N–H and O–H groups in total. The molecular weight excluding hydrogens is 401 g/mol. The molecule has 0 heterocycles. The molecule has 0 amide bonds. The number of ether oxygens (including phenoxy) is 1. The summed E-state index contributed by atoms with van der Waals surface area (Å²) in [7, 11) is 0. The van der Waals surface area contributed by atoms with Gasteiger partial charge in [0.1, 0.15) is 5.75 Å². The van der Waals surface area contributed by atoms with Crippen molar-refractivity contribution in [1.82, 2.24) is 5.32 Å². The van der Waals surface area contributed by atoms with Crippen molar-refractivity contribution in [3.8, 4) is 5.75 Å². The predicted octanol–water partition coefficient (Wildman–Crippen LogP) is 3.83. The maximum atomic E-state index is 6.13. The Morgan fingerprint density at radius 3 is 2.57 bits per heavy atom. The third kappa shape index (κ3) is 5.55. The quantitative estimate of drug-likeness (QED) is 0.411. The summed E-state index contributed by atoms with van der Waals surface area (Å²) >= 11 is 0. The zero-order chi connectivity index (χ0) is 15.2.